The van der Waals surface area contributed by atoms with Crippen molar-refractivity contribution in [1.29, 1.82) is 0 Å². The maximum absolute atomic E-state index is 11.7. The molecule has 0 bridgehead atoms. The molecule has 1 aromatic carbocycles. The number of carbonyl (C=O) groups excluding carboxylic acids is 1. The minimum atomic E-state index is -0.903. The minimum absolute atomic E-state index is 0.175. The summed E-state index contributed by atoms with van der Waals surface area (Å²) in [5, 5.41) is 9.31. The van der Waals surface area contributed by atoms with E-state index in [1.165, 1.54) is 12.5 Å². The highest BCUT2D eigenvalue weighted by Gasteiger charge is 2.23. The smallest absolute Gasteiger partial charge is 0.251 e. The molecule has 0 aromatic heterocycles. The van der Waals surface area contributed by atoms with E-state index in [0.717, 1.165) is 25.4 Å². The number of benzene rings is 1. The number of nitrogens with zero attached hydrogens (tertiary/aromatic N) is 2. The average molecular weight is 278 g/mol. The van der Waals surface area contributed by atoms with Crippen LogP contribution in [0.15, 0.2) is 24.3 Å². The van der Waals surface area contributed by atoms with Gasteiger partial charge in [0, 0.05) is 32.7 Å². The lowest BCUT2D eigenvalue weighted by atomic mass is 10.2. The molecule has 1 N–H and O–H groups in total. The molecule has 1 aliphatic heterocycles. The van der Waals surface area contributed by atoms with Crippen molar-refractivity contribution in [3.8, 4) is 5.75 Å². The molecule has 1 atom stereocenters. The fraction of sp³-hybridized carbons (Fsp3) is 0.533. The molecule has 1 aromatic rings. The van der Waals surface area contributed by atoms with Crippen LogP contribution in [0.2, 0.25) is 0 Å². The lowest BCUT2D eigenvalue weighted by molar-refractivity contribution is -0.141. The number of piperazine rings is 1. The van der Waals surface area contributed by atoms with E-state index in [1.807, 2.05) is 18.2 Å². The maximum Gasteiger partial charge on any atom is 0.251 e. The van der Waals surface area contributed by atoms with Gasteiger partial charge in [0.1, 0.15) is 11.9 Å². The number of hydrogen-bond acceptors (Lipinski definition) is 4. The second-order valence-corrected chi connectivity index (χ2v) is 5.13. The number of rotatable bonds is 4. The lowest BCUT2D eigenvalue weighted by Gasteiger charge is -2.35. The van der Waals surface area contributed by atoms with Crippen LogP contribution in [-0.4, -0.2) is 60.2 Å². The van der Waals surface area contributed by atoms with E-state index in [4.69, 9.17) is 4.74 Å². The van der Waals surface area contributed by atoms with Crippen molar-refractivity contribution in [2.24, 2.45) is 0 Å². The third-order valence-electron chi connectivity index (χ3n) is 3.58. The Balaban J connectivity index is 1.86. The van der Waals surface area contributed by atoms with Crippen LogP contribution in [0, 0.1) is 0 Å². The van der Waals surface area contributed by atoms with E-state index in [0.29, 0.717) is 13.1 Å². The Kier molecular flexibility index (Phi) is 4.98. The van der Waals surface area contributed by atoms with Crippen molar-refractivity contribution in [3.63, 3.8) is 0 Å². The van der Waals surface area contributed by atoms with Crippen LogP contribution in [0.4, 0.5) is 0 Å². The van der Waals surface area contributed by atoms with Gasteiger partial charge in [-0.25, -0.2) is 0 Å². The topological polar surface area (TPSA) is 53.0 Å². The van der Waals surface area contributed by atoms with Crippen LogP contribution in [-0.2, 0) is 11.3 Å². The monoisotopic (exact) mass is 278 g/mol. The van der Waals surface area contributed by atoms with E-state index < -0.39 is 6.10 Å². The summed E-state index contributed by atoms with van der Waals surface area (Å²) in [5.41, 5.74) is 1.21. The van der Waals surface area contributed by atoms with Gasteiger partial charge in [0.2, 0.25) is 0 Å². The van der Waals surface area contributed by atoms with E-state index in [9.17, 15) is 9.90 Å². The van der Waals surface area contributed by atoms with Gasteiger partial charge in [-0.3, -0.25) is 9.69 Å². The predicted molar refractivity (Wildman–Crippen MR) is 76.5 cm³/mol. The normalized spacial score (nSPS) is 17.9. The van der Waals surface area contributed by atoms with Gasteiger partial charge in [0.15, 0.2) is 0 Å². The van der Waals surface area contributed by atoms with E-state index in [1.54, 1.807) is 12.0 Å². The second-order valence-electron chi connectivity index (χ2n) is 5.13. The molecule has 2 rings (SSSR count). The average Bonchev–Trinajstić information content (AvgIpc) is 2.47. The van der Waals surface area contributed by atoms with Crippen LogP contribution in [0.25, 0.3) is 0 Å². The number of aliphatic hydroxyl groups is 1. The summed E-state index contributed by atoms with van der Waals surface area (Å²) in [6, 6.07) is 8.04. The van der Waals surface area contributed by atoms with Crippen LogP contribution in [0.5, 0.6) is 5.75 Å². The fourth-order valence-electron chi connectivity index (χ4n) is 2.42. The number of ether oxygens (including phenoxy) is 1. The van der Waals surface area contributed by atoms with Gasteiger partial charge in [-0.1, -0.05) is 12.1 Å². The number of aliphatic hydroxyl groups excluding tert-OH is 1. The summed E-state index contributed by atoms with van der Waals surface area (Å²) in [6.07, 6.45) is -0.903. The van der Waals surface area contributed by atoms with E-state index >= 15 is 0 Å². The molecular formula is C15H22N2O3. The third-order valence-corrected chi connectivity index (χ3v) is 3.58. The quantitative estimate of drug-likeness (QED) is 0.882. The molecule has 1 saturated heterocycles. The van der Waals surface area contributed by atoms with Crippen molar-refractivity contribution in [1.82, 2.24) is 9.80 Å². The fourth-order valence-corrected chi connectivity index (χ4v) is 2.42. The standard InChI is InChI=1S/C15H22N2O3/c1-12(18)15(19)17-8-6-16(7-9-17)11-13-4-3-5-14(10-13)20-2/h3-5,10,12,18H,6-9,11H2,1-2H3. The Morgan fingerprint density at radius 2 is 2.05 bits per heavy atom. The molecule has 20 heavy (non-hydrogen) atoms. The van der Waals surface area contributed by atoms with Gasteiger partial charge in [-0.05, 0) is 24.6 Å². The summed E-state index contributed by atoms with van der Waals surface area (Å²) in [4.78, 5) is 15.7. The van der Waals surface area contributed by atoms with Crippen LogP contribution >= 0.6 is 0 Å². The molecule has 110 valence electrons. The number of amides is 1. The maximum atomic E-state index is 11.7. The molecule has 5 nitrogen and oxygen atoms in total. The Bertz CT molecular complexity index is 454. The first-order chi connectivity index (χ1) is 9.60. The Morgan fingerprint density at radius 1 is 1.35 bits per heavy atom. The number of methoxy groups -OCH3 is 1. The van der Waals surface area contributed by atoms with Gasteiger partial charge in [-0.15, -0.1) is 0 Å². The molecular weight excluding hydrogens is 256 g/mol. The Labute approximate surface area is 119 Å². The zero-order chi connectivity index (χ0) is 14.5. The first kappa shape index (κ1) is 14.8. The molecule has 0 radical (unpaired) electrons. The van der Waals surface area contributed by atoms with Crippen molar-refractivity contribution < 1.29 is 14.6 Å². The predicted octanol–water partition coefficient (Wildman–Crippen LogP) is 0.720. The molecule has 1 unspecified atom stereocenters. The van der Waals surface area contributed by atoms with Crippen LogP contribution in [0.3, 0.4) is 0 Å². The van der Waals surface area contributed by atoms with E-state index in [2.05, 4.69) is 11.0 Å². The lowest BCUT2D eigenvalue weighted by Crippen LogP contribution is -2.50. The molecule has 5 heteroatoms. The molecule has 1 heterocycles. The van der Waals surface area contributed by atoms with E-state index in [-0.39, 0.29) is 5.91 Å². The molecule has 1 fully saturated rings. The molecule has 0 spiro atoms. The Morgan fingerprint density at radius 3 is 2.65 bits per heavy atom. The van der Waals surface area contributed by atoms with Gasteiger partial charge >= 0.3 is 0 Å². The largest absolute Gasteiger partial charge is 0.497 e. The summed E-state index contributed by atoms with van der Waals surface area (Å²) in [6.45, 7) is 5.38. The van der Waals surface area contributed by atoms with Gasteiger partial charge in [0.05, 0.1) is 7.11 Å². The molecule has 1 aliphatic rings. The van der Waals surface area contributed by atoms with Crippen molar-refractivity contribution in [3.05, 3.63) is 29.8 Å². The first-order valence-electron chi connectivity index (χ1n) is 6.92. The first-order valence-corrected chi connectivity index (χ1v) is 6.92. The Hall–Kier alpha value is -1.59. The van der Waals surface area contributed by atoms with Gasteiger partial charge in [-0.2, -0.15) is 0 Å². The molecule has 0 aliphatic carbocycles. The summed E-state index contributed by atoms with van der Waals surface area (Å²) >= 11 is 0. The van der Waals surface area contributed by atoms with Crippen molar-refractivity contribution in [2.45, 2.75) is 19.6 Å². The second kappa shape index (κ2) is 6.72. The highest BCUT2D eigenvalue weighted by atomic mass is 16.5. The minimum Gasteiger partial charge on any atom is -0.497 e. The molecule has 1 amide bonds. The van der Waals surface area contributed by atoms with Crippen molar-refractivity contribution >= 4 is 5.91 Å². The zero-order valence-electron chi connectivity index (χ0n) is 12.1. The van der Waals surface area contributed by atoms with Crippen molar-refractivity contribution in [2.75, 3.05) is 33.3 Å². The third kappa shape index (κ3) is 3.71. The highest BCUT2D eigenvalue weighted by molar-refractivity contribution is 5.80. The summed E-state index contributed by atoms with van der Waals surface area (Å²) in [7, 11) is 1.67. The SMILES string of the molecule is COc1cccc(CN2CCN(C(=O)C(C)O)CC2)c1. The number of carbonyl (C=O) groups is 1. The summed E-state index contributed by atoms with van der Waals surface area (Å²) in [5.74, 6) is 0.691. The summed E-state index contributed by atoms with van der Waals surface area (Å²) < 4.78 is 5.22. The van der Waals surface area contributed by atoms with Gasteiger partial charge < -0.3 is 14.7 Å². The van der Waals surface area contributed by atoms with Gasteiger partial charge in [0.25, 0.3) is 5.91 Å². The van der Waals surface area contributed by atoms with Crippen LogP contribution < -0.4 is 4.74 Å². The van der Waals surface area contributed by atoms with Crippen LogP contribution in [0.1, 0.15) is 12.5 Å². The highest BCUT2D eigenvalue weighted by Crippen LogP contribution is 2.15. The molecule has 0 saturated carbocycles. The zero-order valence-corrected chi connectivity index (χ0v) is 12.1. The number of hydrogen-bond donors (Lipinski definition) is 1.